The van der Waals surface area contributed by atoms with Crippen LogP contribution in [0, 0.1) is 5.92 Å². The fourth-order valence-corrected chi connectivity index (χ4v) is 3.39. The van der Waals surface area contributed by atoms with Crippen molar-refractivity contribution in [2.75, 3.05) is 13.2 Å². The Kier molecular flexibility index (Phi) is 6.31. The lowest BCUT2D eigenvalue weighted by molar-refractivity contribution is 0.00716. The molecular formula is C17H33NO2. The highest BCUT2D eigenvalue weighted by Gasteiger charge is 2.31. The maximum absolute atomic E-state index is 9.57. The molecule has 0 aromatic rings. The monoisotopic (exact) mass is 283 g/mol. The summed E-state index contributed by atoms with van der Waals surface area (Å²) < 4.78 is 6.07. The van der Waals surface area contributed by atoms with Crippen molar-refractivity contribution in [1.29, 1.82) is 0 Å². The molecule has 0 radical (unpaired) electrons. The van der Waals surface area contributed by atoms with E-state index in [-0.39, 0.29) is 12.1 Å². The van der Waals surface area contributed by atoms with E-state index in [1.54, 1.807) is 0 Å². The van der Waals surface area contributed by atoms with Gasteiger partial charge in [0.25, 0.3) is 0 Å². The lowest BCUT2D eigenvalue weighted by atomic mass is 9.85. The van der Waals surface area contributed by atoms with Gasteiger partial charge in [0.15, 0.2) is 0 Å². The summed E-state index contributed by atoms with van der Waals surface area (Å²) in [5.41, 5.74) is -0.108. The van der Waals surface area contributed by atoms with Crippen LogP contribution in [-0.2, 0) is 4.74 Å². The van der Waals surface area contributed by atoms with Crippen LogP contribution in [0.15, 0.2) is 0 Å². The van der Waals surface area contributed by atoms with Gasteiger partial charge in [0.05, 0.1) is 12.7 Å². The van der Waals surface area contributed by atoms with Gasteiger partial charge in [0.2, 0.25) is 0 Å². The van der Waals surface area contributed by atoms with E-state index in [4.69, 9.17) is 4.74 Å². The smallest absolute Gasteiger partial charge is 0.0610 e. The molecule has 2 aliphatic carbocycles. The first kappa shape index (κ1) is 16.3. The lowest BCUT2D eigenvalue weighted by Crippen LogP contribution is -2.47. The van der Waals surface area contributed by atoms with Crippen molar-refractivity contribution in [3.05, 3.63) is 0 Å². The second-order valence-electron chi connectivity index (χ2n) is 7.17. The highest BCUT2D eigenvalue weighted by molar-refractivity contribution is 4.92. The molecule has 2 rings (SSSR count). The van der Waals surface area contributed by atoms with E-state index in [1.807, 2.05) is 0 Å². The Balaban J connectivity index is 1.60. The highest BCUT2D eigenvalue weighted by Crippen LogP contribution is 2.29. The second kappa shape index (κ2) is 7.77. The molecule has 2 fully saturated rings. The van der Waals surface area contributed by atoms with Gasteiger partial charge in [-0.1, -0.05) is 26.2 Å². The third kappa shape index (κ3) is 5.34. The van der Waals surface area contributed by atoms with E-state index in [2.05, 4.69) is 19.2 Å². The summed E-state index contributed by atoms with van der Waals surface area (Å²) in [4.78, 5) is 0. The molecule has 0 heterocycles. The largest absolute Gasteiger partial charge is 0.394 e. The molecule has 0 spiro atoms. The van der Waals surface area contributed by atoms with E-state index >= 15 is 0 Å². The third-order valence-corrected chi connectivity index (χ3v) is 5.02. The molecule has 2 saturated carbocycles. The van der Waals surface area contributed by atoms with Crippen molar-refractivity contribution in [2.45, 2.75) is 89.3 Å². The maximum atomic E-state index is 9.57. The van der Waals surface area contributed by atoms with Crippen LogP contribution in [0.1, 0.15) is 71.6 Å². The normalized spacial score (nSPS) is 30.1. The van der Waals surface area contributed by atoms with Crippen molar-refractivity contribution < 1.29 is 9.84 Å². The summed E-state index contributed by atoms with van der Waals surface area (Å²) in [7, 11) is 0. The molecule has 0 bridgehead atoms. The van der Waals surface area contributed by atoms with Crippen LogP contribution in [0.4, 0.5) is 0 Å². The Hall–Kier alpha value is -0.120. The average molecular weight is 283 g/mol. The van der Waals surface area contributed by atoms with Gasteiger partial charge in [0.1, 0.15) is 0 Å². The van der Waals surface area contributed by atoms with Crippen molar-refractivity contribution >= 4 is 0 Å². The Morgan fingerprint density at radius 1 is 1.25 bits per heavy atom. The molecule has 0 saturated heterocycles. The molecule has 3 unspecified atom stereocenters. The fraction of sp³-hybridized carbons (Fsp3) is 1.00. The molecule has 3 atom stereocenters. The summed E-state index contributed by atoms with van der Waals surface area (Å²) in [5.74, 6) is 0.882. The van der Waals surface area contributed by atoms with Crippen molar-refractivity contribution in [1.82, 2.24) is 5.32 Å². The Morgan fingerprint density at radius 3 is 2.70 bits per heavy atom. The van der Waals surface area contributed by atoms with Gasteiger partial charge >= 0.3 is 0 Å². The molecule has 0 amide bonds. The topological polar surface area (TPSA) is 41.5 Å². The zero-order valence-corrected chi connectivity index (χ0v) is 13.4. The predicted molar refractivity (Wildman–Crippen MR) is 82.9 cm³/mol. The summed E-state index contributed by atoms with van der Waals surface area (Å²) in [6, 6.07) is 0.650. The average Bonchev–Trinajstić information content (AvgIpc) is 3.28. The molecule has 2 aliphatic rings. The Bertz CT molecular complexity index is 280. The minimum absolute atomic E-state index is 0.108. The van der Waals surface area contributed by atoms with Gasteiger partial charge in [-0.05, 0) is 51.4 Å². The Morgan fingerprint density at radius 2 is 2.05 bits per heavy atom. The predicted octanol–water partition coefficient (Wildman–Crippen LogP) is 3.26. The summed E-state index contributed by atoms with van der Waals surface area (Å²) >= 11 is 0. The van der Waals surface area contributed by atoms with E-state index in [0.29, 0.717) is 12.1 Å². The van der Waals surface area contributed by atoms with Gasteiger partial charge in [0, 0.05) is 18.2 Å². The maximum Gasteiger partial charge on any atom is 0.0610 e. The number of rotatable bonds is 9. The van der Waals surface area contributed by atoms with Crippen LogP contribution < -0.4 is 5.32 Å². The van der Waals surface area contributed by atoms with Gasteiger partial charge in [-0.25, -0.2) is 0 Å². The van der Waals surface area contributed by atoms with Crippen LogP contribution in [0.2, 0.25) is 0 Å². The van der Waals surface area contributed by atoms with Crippen LogP contribution in [0.25, 0.3) is 0 Å². The molecule has 20 heavy (non-hydrogen) atoms. The highest BCUT2D eigenvalue weighted by atomic mass is 16.5. The minimum Gasteiger partial charge on any atom is -0.394 e. The van der Waals surface area contributed by atoms with Crippen molar-refractivity contribution in [3.63, 3.8) is 0 Å². The molecule has 118 valence electrons. The fourth-order valence-electron chi connectivity index (χ4n) is 3.39. The number of aliphatic hydroxyl groups excluding tert-OH is 1. The zero-order chi connectivity index (χ0) is 14.4. The SMILES string of the molecule is CCC1CCCC(OCCCC(C)(CO)NC2CC2)C1. The number of nitrogens with one attached hydrogen (secondary N) is 1. The van der Waals surface area contributed by atoms with Gasteiger partial charge in [-0.15, -0.1) is 0 Å². The molecule has 0 aromatic heterocycles. The first-order valence-electron chi connectivity index (χ1n) is 8.65. The molecular weight excluding hydrogens is 250 g/mol. The third-order valence-electron chi connectivity index (χ3n) is 5.02. The number of hydrogen-bond acceptors (Lipinski definition) is 3. The molecule has 2 N–H and O–H groups in total. The first-order chi connectivity index (χ1) is 9.65. The first-order valence-corrected chi connectivity index (χ1v) is 8.65. The summed E-state index contributed by atoms with van der Waals surface area (Å²) in [6.45, 7) is 5.51. The van der Waals surface area contributed by atoms with Crippen molar-refractivity contribution in [3.8, 4) is 0 Å². The van der Waals surface area contributed by atoms with Gasteiger partial charge < -0.3 is 15.2 Å². The lowest BCUT2D eigenvalue weighted by Gasteiger charge is -2.31. The zero-order valence-electron chi connectivity index (χ0n) is 13.4. The standard InChI is InChI=1S/C17H33NO2/c1-3-14-6-4-7-16(12-14)20-11-5-10-17(2,13-19)18-15-8-9-15/h14-16,18-19H,3-13H2,1-2H3. The molecule has 0 aliphatic heterocycles. The Labute approximate surface area is 124 Å². The van der Waals surface area contributed by atoms with Gasteiger partial charge in [-0.3, -0.25) is 0 Å². The number of hydrogen-bond donors (Lipinski definition) is 2. The van der Waals surface area contributed by atoms with Crippen LogP contribution in [0.5, 0.6) is 0 Å². The van der Waals surface area contributed by atoms with Crippen LogP contribution in [0.3, 0.4) is 0 Å². The second-order valence-corrected chi connectivity index (χ2v) is 7.17. The van der Waals surface area contributed by atoms with E-state index in [9.17, 15) is 5.11 Å². The van der Waals surface area contributed by atoms with Crippen LogP contribution in [-0.4, -0.2) is 36.0 Å². The summed E-state index contributed by atoms with van der Waals surface area (Å²) in [6.07, 6.45) is 11.6. The number of aliphatic hydroxyl groups is 1. The summed E-state index contributed by atoms with van der Waals surface area (Å²) in [5, 5.41) is 13.1. The minimum atomic E-state index is -0.108. The van der Waals surface area contributed by atoms with E-state index in [1.165, 1.54) is 44.9 Å². The number of ether oxygens (including phenoxy) is 1. The molecule has 3 heteroatoms. The van der Waals surface area contributed by atoms with E-state index < -0.39 is 0 Å². The van der Waals surface area contributed by atoms with Crippen LogP contribution >= 0.6 is 0 Å². The van der Waals surface area contributed by atoms with E-state index in [0.717, 1.165) is 25.4 Å². The van der Waals surface area contributed by atoms with Gasteiger partial charge in [-0.2, -0.15) is 0 Å². The quantitative estimate of drug-likeness (QED) is 0.638. The molecule has 0 aromatic carbocycles. The molecule has 3 nitrogen and oxygen atoms in total. The van der Waals surface area contributed by atoms with Crippen molar-refractivity contribution in [2.24, 2.45) is 5.92 Å².